The van der Waals surface area contributed by atoms with Crippen LogP contribution in [0.2, 0.25) is 0 Å². The number of anilines is 1. The lowest BCUT2D eigenvalue weighted by molar-refractivity contribution is -0.134. The first-order valence-corrected chi connectivity index (χ1v) is 5.46. The van der Waals surface area contributed by atoms with Crippen LogP contribution in [0.1, 0.15) is 12.5 Å². The summed E-state index contributed by atoms with van der Waals surface area (Å²) in [5.41, 5.74) is 7.07. The number of ether oxygens (including phenoxy) is 1. The first-order valence-electron chi connectivity index (χ1n) is 5.13. The van der Waals surface area contributed by atoms with E-state index in [1.165, 1.54) is 0 Å². The van der Waals surface area contributed by atoms with Gasteiger partial charge in [-0.2, -0.15) is 9.63 Å². The van der Waals surface area contributed by atoms with Crippen LogP contribution in [-0.4, -0.2) is 18.8 Å². The molecule has 0 aliphatic heterocycles. The average molecular weight is 256 g/mol. The van der Waals surface area contributed by atoms with E-state index in [1.54, 1.807) is 19.1 Å². The van der Waals surface area contributed by atoms with Gasteiger partial charge < -0.3 is 10.5 Å². The lowest BCUT2D eigenvalue weighted by atomic mass is 10.2. The minimum atomic E-state index is -0.534. The van der Waals surface area contributed by atoms with Gasteiger partial charge in [0.05, 0.1) is 12.3 Å². The molecule has 0 fully saturated rings. The van der Waals surface area contributed by atoms with Crippen LogP contribution < -0.4 is 10.3 Å². The summed E-state index contributed by atoms with van der Waals surface area (Å²) in [5, 5.41) is 3.75. The average Bonchev–Trinajstić information content (AvgIpc) is 2.36. The molecule has 0 atom stereocenters. The molecular weight excluding hydrogens is 242 g/mol. The molecule has 1 aromatic carbocycles. The molecule has 1 aromatic rings. The predicted molar refractivity (Wildman–Crippen MR) is 67.8 cm³/mol. The molecule has 5 nitrogen and oxygen atoms in total. The number of carbonyl (C=O) groups excluding carboxylic acids is 1. The lowest BCUT2D eigenvalue weighted by Gasteiger charge is -2.09. The molecule has 1 rings (SSSR count). The second-order valence-corrected chi connectivity index (χ2v) is 3.45. The fourth-order valence-electron chi connectivity index (χ4n) is 1.14. The molecule has 0 unspecified atom stereocenters. The van der Waals surface area contributed by atoms with Crippen LogP contribution in [0.4, 0.5) is 5.69 Å². The van der Waals surface area contributed by atoms with E-state index in [4.69, 9.17) is 17.5 Å². The van der Waals surface area contributed by atoms with Gasteiger partial charge in [-0.1, -0.05) is 12.1 Å². The predicted octanol–water partition coefficient (Wildman–Crippen LogP) is 1.65. The van der Waals surface area contributed by atoms with E-state index in [-0.39, 0.29) is 0 Å². The highest BCUT2D eigenvalue weighted by Crippen LogP contribution is 2.18. The molecule has 0 heterocycles. The molecule has 0 saturated heterocycles. The minimum Gasteiger partial charge on any atom is -0.462 e. The van der Waals surface area contributed by atoms with E-state index >= 15 is 0 Å². The smallest absolute Gasteiger partial charge is 0.351 e. The molecule has 0 radical (unpaired) electrons. The van der Waals surface area contributed by atoms with E-state index in [1.807, 2.05) is 12.1 Å². The summed E-state index contributed by atoms with van der Waals surface area (Å²) in [4.78, 5) is 11.0. The Hall–Kier alpha value is -1.59. The van der Waals surface area contributed by atoms with Crippen molar-refractivity contribution in [3.05, 3.63) is 29.8 Å². The van der Waals surface area contributed by atoms with Gasteiger partial charge in [-0.05, 0) is 24.6 Å². The topological polar surface area (TPSA) is 67.9 Å². The largest absolute Gasteiger partial charge is 0.462 e. The van der Waals surface area contributed by atoms with Gasteiger partial charge in [0.1, 0.15) is 6.21 Å². The van der Waals surface area contributed by atoms with Gasteiger partial charge in [0, 0.05) is 18.3 Å². The van der Waals surface area contributed by atoms with Gasteiger partial charge in [-0.15, -0.1) is 0 Å². The van der Waals surface area contributed by atoms with Crippen LogP contribution in [0.15, 0.2) is 29.4 Å². The molecule has 17 heavy (non-hydrogen) atoms. The number of rotatable bonds is 5. The summed E-state index contributed by atoms with van der Waals surface area (Å²) in [6.45, 7) is 2.44. The molecule has 0 saturated carbocycles. The zero-order valence-corrected chi connectivity index (χ0v) is 10.2. The summed E-state index contributed by atoms with van der Waals surface area (Å²) < 4.78 is 5.75. The van der Waals surface area contributed by atoms with Gasteiger partial charge in [0.15, 0.2) is 0 Å². The van der Waals surface area contributed by atoms with Crippen molar-refractivity contribution >= 4 is 29.6 Å². The summed E-state index contributed by atoms with van der Waals surface area (Å²) in [6, 6.07) is 7.24. The molecule has 2 N–H and O–H groups in total. The third kappa shape index (κ3) is 4.42. The van der Waals surface area contributed by atoms with E-state index < -0.39 is 5.97 Å². The third-order valence-corrected chi connectivity index (χ3v) is 2.19. The first-order chi connectivity index (χ1) is 8.17. The van der Waals surface area contributed by atoms with E-state index in [0.29, 0.717) is 18.8 Å². The number of hydrogen-bond donors (Lipinski definition) is 1. The maximum Gasteiger partial charge on any atom is 0.351 e. The van der Waals surface area contributed by atoms with Crippen molar-refractivity contribution < 1.29 is 9.53 Å². The first kappa shape index (κ1) is 13.5. The number of esters is 1. The standard InChI is InChI=1S/C11H14ClN3O2/c1-2-17-11(16)8-14-15(12)10-5-3-4-9(6-10)7-13/h3-6,8H,2,7,13H2,1H3. The summed E-state index contributed by atoms with van der Waals surface area (Å²) in [7, 11) is 0. The van der Waals surface area contributed by atoms with Crippen molar-refractivity contribution in [1.82, 2.24) is 0 Å². The highest BCUT2D eigenvalue weighted by molar-refractivity contribution is 6.28. The SMILES string of the molecule is CCOC(=O)C=NN(Cl)c1cccc(CN)c1. The highest BCUT2D eigenvalue weighted by Gasteiger charge is 2.03. The van der Waals surface area contributed by atoms with Gasteiger partial charge in [-0.25, -0.2) is 4.79 Å². The van der Waals surface area contributed by atoms with Crippen molar-refractivity contribution in [2.75, 3.05) is 11.1 Å². The third-order valence-electron chi connectivity index (χ3n) is 1.91. The zero-order valence-electron chi connectivity index (χ0n) is 9.47. The van der Waals surface area contributed by atoms with E-state index in [0.717, 1.165) is 16.3 Å². The number of hydrogen-bond acceptors (Lipinski definition) is 5. The van der Waals surface area contributed by atoms with Crippen LogP contribution in [0.3, 0.4) is 0 Å². The van der Waals surface area contributed by atoms with Gasteiger partial charge in [0.25, 0.3) is 0 Å². The Labute approximate surface area is 105 Å². The molecule has 0 aromatic heterocycles. The highest BCUT2D eigenvalue weighted by atomic mass is 35.5. The maximum atomic E-state index is 11.0. The Kier molecular flexibility index (Phi) is 5.45. The fourth-order valence-corrected chi connectivity index (χ4v) is 1.29. The second kappa shape index (κ2) is 6.88. The van der Waals surface area contributed by atoms with Crippen LogP contribution in [0.25, 0.3) is 0 Å². The maximum absolute atomic E-state index is 11.0. The Balaban J connectivity index is 2.68. The van der Waals surface area contributed by atoms with Crippen molar-refractivity contribution in [3.8, 4) is 0 Å². The van der Waals surface area contributed by atoms with E-state index in [9.17, 15) is 4.79 Å². The Morgan fingerprint density at radius 3 is 3.06 bits per heavy atom. The summed E-state index contributed by atoms with van der Waals surface area (Å²) >= 11 is 5.87. The number of hydrazone groups is 1. The number of benzene rings is 1. The monoisotopic (exact) mass is 255 g/mol. The minimum absolute atomic E-state index is 0.301. The lowest BCUT2D eigenvalue weighted by Crippen LogP contribution is -2.09. The van der Waals surface area contributed by atoms with Crippen LogP contribution in [0, 0.1) is 0 Å². The molecular formula is C11H14ClN3O2. The molecule has 0 aliphatic carbocycles. The van der Waals surface area contributed by atoms with Crippen LogP contribution in [-0.2, 0) is 16.1 Å². The second-order valence-electron chi connectivity index (χ2n) is 3.13. The van der Waals surface area contributed by atoms with Gasteiger partial charge >= 0.3 is 5.97 Å². The van der Waals surface area contributed by atoms with E-state index in [2.05, 4.69) is 9.84 Å². The molecule has 0 amide bonds. The molecule has 0 spiro atoms. The van der Waals surface area contributed by atoms with Crippen LogP contribution in [0.5, 0.6) is 0 Å². The number of carbonyl (C=O) groups is 1. The Bertz CT molecular complexity index is 409. The summed E-state index contributed by atoms with van der Waals surface area (Å²) in [5.74, 6) is -0.534. The molecule has 92 valence electrons. The van der Waals surface area contributed by atoms with Crippen molar-refractivity contribution in [2.45, 2.75) is 13.5 Å². The number of nitrogens with zero attached hydrogens (tertiary/aromatic N) is 2. The number of halogens is 1. The molecule has 6 heteroatoms. The van der Waals surface area contributed by atoms with Crippen LogP contribution >= 0.6 is 11.8 Å². The summed E-state index contributed by atoms with van der Waals surface area (Å²) in [6.07, 6.45) is 1.02. The van der Waals surface area contributed by atoms with Gasteiger partial charge in [-0.3, -0.25) is 0 Å². The van der Waals surface area contributed by atoms with Crippen molar-refractivity contribution in [2.24, 2.45) is 10.8 Å². The normalized spacial score (nSPS) is 10.5. The quantitative estimate of drug-likeness (QED) is 0.376. The van der Waals surface area contributed by atoms with Gasteiger partial charge in [0.2, 0.25) is 0 Å². The Morgan fingerprint density at radius 2 is 2.41 bits per heavy atom. The molecule has 0 aliphatic rings. The van der Waals surface area contributed by atoms with Crippen molar-refractivity contribution in [1.29, 1.82) is 0 Å². The fraction of sp³-hybridized carbons (Fsp3) is 0.273. The Morgan fingerprint density at radius 1 is 1.65 bits per heavy atom. The zero-order chi connectivity index (χ0) is 12.7. The van der Waals surface area contributed by atoms with Crippen molar-refractivity contribution in [3.63, 3.8) is 0 Å². The number of nitrogens with two attached hydrogens (primary N) is 1. The molecule has 0 bridgehead atoms.